The standard InChI is InChI=1S/C9H17NO/c1-7-5-6-10(7)8(11)9(2,3)4/h7H,5-6H2,1-4H3/t7-/m0/s1. The summed E-state index contributed by atoms with van der Waals surface area (Å²) in [5.74, 6) is 0.288. The van der Waals surface area contributed by atoms with Crippen molar-refractivity contribution in [2.24, 2.45) is 5.41 Å². The molecule has 0 saturated carbocycles. The number of carbonyl (C=O) groups excluding carboxylic acids is 1. The molecule has 64 valence electrons. The average Bonchev–Trinajstić information content (AvgIpc) is 1.83. The van der Waals surface area contributed by atoms with E-state index in [1.807, 2.05) is 25.7 Å². The Hall–Kier alpha value is -0.530. The molecule has 2 heteroatoms. The van der Waals surface area contributed by atoms with Gasteiger partial charge in [-0.15, -0.1) is 0 Å². The van der Waals surface area contributed by atoms with Crippen LogP contribution in [0.4, 0.5) is 0 Å². The Kier molecular flexibility index (Phi) is 1.95. The monoisotopic (exact) mass is 155 g/mol. The van der Waals surface area contributed by atoms with Crippen molar-refractivity contribution in [3.8, 4) is 0 Å². The Labute approximate surface area is 68.6 Å². The molecule has 1 rings (SSSR count). The van der Waals surface area contributed by atoms with Gasteiger partial charge in [0, 0.05) is 18.0 Å². The van der Waals surface area contributed by atoms with Crippen LogP contribution in [0, 0.1) is 5.41 Å². The minimum Gasteiger partial charge on any atom is -0.339 e. The molecule has 0 spiro atoms. The fourth-order valence-corrected chi connectivity index (χ4v) is 1.25. The maximum atomic E-state index is 11.6. The minimum absolute atomic E-state index is 0.200. The topological polar surface area (TPSA) is 20.3 Å². The molecule has 1 heterocycles. The van der Waals surface area contributed by atoms with Gasteiger partial charge in [-0.3, -0.25) is 4.79 Å². The maximum absolute atomic E-state index is 11.6. The number of rotatable bonds is 0. The lowest BCUT2D eigenvalue weighted by Gasteiger charge is -2.42. The first-order valence-electron chi connectivity index (χ1n) is 4.24. The van der Waals surface area contributed by atoms with E-state index in [1.165, 1.54) is 6.42 Å². The molecular weight excluding hydrogens is 138 g/mol. The summed E-state index contributed by atoms with van der Waals surface area (Å²) in [5.41, 5.74) is -0.200. The summed E-state index contributed by atoms with van der Waals surface area (Å²) < 4.78 is 0. The number of nitrogens with zero attached hydrogens (tertiary/aromatic N) is 1. The quantitative estimate of drug-likeness (QED) is 0.521. The van der Waals surface area contributed by atoms with Gasteiger partial charge in [0.25, 0.3) is 0 Å². The lowest BCUT2D eigenvalue weighted by Crippen LogP contribution is -2.53. The van der Waals surface area contributed by atoms with Crippen LogP contribution < -0.4 is 0 Å². The summed E-state index contributed by atoms with van der Waals surface area (Å²) in [6.07, 6.45) is 1.17. The van der Waals surface area contributed by atoms with Crippen molar-refractivity contribution in [1.82, 2.24) is 4.90 Å². The highest BCUT2D eigenvalue weighted by atomic mass is 16.2. The first-order valence-corrected chi connectivity index (χ1v) is 4.24. The second-order valence-electron chi connectivity index (χ2n) is 4.39. The lowest BCUT2D eigenvalue weighted by atomic mass is 9.91. The molecule has 0 aromatic heterocycles. The van der Waals surface area contributed by atoms with Crippen LogP contribution in [0.3, 0.4) is 0 Å². The van der Waals surface area contributed by atoms with E-state index in [-0.39, 0.29) is 11.3 Å². The highest BCUT2D eigenvalue weighted by molar-refractivity contribution is 5.82. The van der Waals surface area contributed by atoms with Gasteiger partial charge in [0.05, 0.1) is 0 Å². The summed E-state index contributed by atoms with van der Waals surface area (Å²) in [6, 6.07) is 0.474. The third-order valence-corrected chi connectivity index (χ3v) is 2.22. The van der Waals surface area contributed by atoms with Gasteiger partial charge in [-0.2, -0.15) is 0 Å². The van der Waals surface area contributed by atoms with Crippen LogP contribution in [0.1, 0.15) is 34.1 Å². The van der Waals surface area contributed by atoms with Gasteiger partial charge in [-0.05, 0) is 13.3 Å². The second-order valence-corrected chi connectivity index (χ2v) is 4.39. The van der Waals surface area contributed by atoms with E-state index in [0.29, 0.717) is 6.04 Å². The van der Waals surface area contributed by atoms with Gasteiger partial charge < -0.3 is 4.90 Å². The summed E-state index contributed by atoms with van der Waals surface area (Å²) in [7, 11) is 0. The Morgan fingerprint density at radius 3 is 2.09 bits per heavy atom. The zero-order chi connectivity index (χ0) is 8.65. The maximum Gasteiger partial charge on any atom is 0.228 e. The van der Waals surface area contributed by atoms with E-state index >= 15 is 0 Å². The summed E-state index contributed by atoms with van der Waals surface area (Å²) in [6.45, 7) is 8.98. The Balaban J connectivity index is 2.55. The van der Waals surface area contributed by atoms with Crippen LogP contribution in [-0.4, -0.2) is 23.4 Å². The highest BCUT2D eigenvalue weighted by Gasteiger charge is 2.34. The zero-order valence-electron chi connectivity index (χ0n) is 7.85. The fourth-order valence-electron chi connectivity index (χ4n) is 1.25. The molecule has 2 nitrogen and oxygen atoms in total. The second kappa shape index (κ2) is 2.50. The van der Waals surface area contributed by atoms with Crippen molar-refractivity contribution < 1.29 is 4.79 Å². The molecule has 0 bridgehead atoms. The van der Waals surface area contributed by atoms with Gasteiger partial charge in [0.2, 0.25) is 5.91 Å². The first kappa shape index (κ1) is 8.57. The van der Waals surface area contributed by atoms with Crippen molar-refractivity contribution in [3.63, 3.8) is 0 Å². The molecule has 1 saturated heterocycles. The highest BCUT2D eigenvalue weighted by Crippen LogP contribution is 2.25. The molecule has 1 amide bonds. The largest absolute Gasteiger partial charge is 0.339 e. The first-order chi connectivity index (χ1) is 4.93. The third kappa shape index (κ3) is 1.55. The van der Waals surface area contributed by atoms with Crippen molar-refractivity contribution in [3.05, 3.63) is 0 Å². The van der Waals surface area contributed by atoms with E-state index in [9.17, 15) is 4.79 Å². The van der Waals surface area contributed by atoms with Crippen LogP contribution in [0.2, 0.25) is 0 Å². The van der Waals surface area contributed by atoms with Crippen LogP contribution in [0.5, 0.6) is 0 Å². The van der Waals surface area contributed by atoms with Crippen molar-refractivity contribution in [2.75, 3.05) is 6.54 Å². The van der Waals surface area contributed by atoms with E-state index < -0.39 is 0 Å². The Morgan fingerprint density at radius 2 is 2.00 bits per heavy atom. The van der Waals surface area contributed by atoms with Crippen molar-refractivity contribution in [1.29, 1.82) is 0 Å². The molecule has 1 aliphatic heterocycles. The van der Waals surface area contributed by atoms with Crippen molar-refractivity contribution in [2.45, 2.75) is 40.2 Å². The molecule has 1 atom stereocenters. The smallest absolute Gasteiger partial charge is 0.228 e. The van der Waals surface area contributed by atoms with Gasteiger partial charge in [-0.1, -0.05) is 20.8 Å². The summed E-state index contributed by atoms with van der Waals surface area (Å²) in [4.78, 5) is 13.5. The number of hydrogen-bond donors (Lipinski definition) is 0. The SMILES string of the molecule is C[C@H]1CCN1C(=O)C(C)(C)C. The zero-order valence-corrected chi connectivity index (χ0v) is 7.85. The van der Waals surface area contributed by atoms with Crippen LogP contribution in [0.15, 0.2) is 0 Å². The number of carbonyl (C=O) groups is 1. The van der Waals surface area contributed by atoms with Crippen LogP contribution >= 0.6 is 0 Å². The molecule has 11 heavy (non-hydrogen) atoms. The summed E-state index contributed by atoms with van der Waals surface area (Å²) in [5, 5.41) is 0. The fraction of sp³-hybridized carbons (Fsp3) is 0.889. The molecule has 0 aromatic rings. The Bertz CT molecular complexity index is 169. The van der Waals surface area contributed by atoms with E-state index in [1.54, 1.807) is 0 Å². The van der Waals surface area contributed by atoms with Gasteiger partial charge in [0.15, 0.2) is 0 Å². The predicted molar refractivity (Wildman–Crippen MR) is 45.2 cm³/mol. The lowest BCUT2D eigenvalue weighted by molar-refractivity contribution is -0.146. The summed E-state index contributed by atoms with van der Waals surface area (Å²) >= 11 is 0. The predicted octanol–water partition coefficient (Wildman–Crippen LogP) is 1.65. The number of hydrogen-bond acceptors (Lipinski definition) is 1. The molecule has 1 aliphatic rings. The van der Waals surface area contributed by atoms with E-state index in [4.69, 9.17) is 0 Å². The average molecular weight is 155 g/mol. The molecule has 0 aromatic carbocycles. The van der Waals surface area contributed by atoms with Gasteiger partial charge >= 0.3 is 0 Å². The third-order valence-electron chi connectivity index (χ3n) is 2.22. The van der Waals surface area contributed by atoms with E-state index in [2.05, 4.69) is 6.92 Å². The van der Waals surface area contributed by atoms with Crippen molar-refractivity contribution >= 4 is 5.91 Å². The number of likely N-dealkylation sites (tertiary alicyclic amines) is 1. The van der Waals surface area contributed by atoms with Gasteiger partial charge in [-0.25, -0.2) is 0 Å². The van der Waals surface area contributed by atoms with Crippen LogP contribution in [-0.2, 0) is 4.79 Å². The normalized spacial score (nSPS) is 24.7. The van der Waals surface area contributed by atoms with Crippen LogP contribution in [0.25, 0.3) is 0 Å². The van der Waals surface area contributed by atoms with Gasteiger partial charge in [0.1, 0.15) is 0 Å². The molecule has 0 unspecified atom stereocenters. The molecule has 0 radical (unpaired) electrons. The Morgan fingerprint density at radius 1 is 1.45 bits per heavy atom. The molecule has 0 aliphatic carbocycles. The molecular formula is C9H17NO. The molecule has 0 N–H and O–H groups in total. The minimum atomic E-state index is -0.200. The number of amides is 1. The van der Waals surface area contributed by atoms with E-state index in [0.717, 1.165) is 6.54 Å². The molecule has 1 fully saturated rings.